The molecule has 0 fully saturated rings. The minimum absolute atomic E-state index is 0.192. The summed E-state index contributed by atoms with van der Waals surface area (Å²) in [5.41, 5.74) is 0.693. The summed E-state index contributed by atoms with van der Waals surface area (Å²) in [6.45, 7) is 7.16. The van der Waals surface area contributed by atoms with Gasteiger partial charge in [-0.15, -0.1) is 0 Å². The first-order valence-electron chi connectivity index (χ1n) is 8.22. The smallest absolute Gasteiger partial charge is 0.410 e. The molecule has 0 heterocycles. The van der Waals surface area contributed by atoms with Crippen molar-refractivity contribution >= 4 is 29.5 Å². The Balaban J connectivity index is 2.45. The molecule has 1 amide bonds. The van der Waals surface area contributed by atoms with E-state index in [0.29, 0.717) is 24.6 Å². The maximum Gasteiger partial charge on any atom is 0.410 e. The number of halogens is 1. The molecule has 0 aliphatic carbocycles. The number of amides is 1. The van der Waals surface area contributed by atoms with E-state index in [0.717, 1.165) is 23.5 Å². The van der Waals surface area contributed by atoms with Crippen LogP contribution in [0.25, 0.3) is 0 Å². The number of thioether (sulfide) groups is 1. The van der Waals surface area contributed by atoms with Crippen LogP contribution in [0.2, 0.25) is 5.02 Å². The highest BCUT2D eigenvalue weighted by Gasteiger charge is 2.27. The molecule has 1 aromatic rings. The molecule has 0 aromatic heterocycles. The van der Waals surface area contributed by atoms with Gasteiger partial charge in [-0.2, -0.15) is 11.8 Å². The SMILES string of the molecule is CC(C)(C)N(CCCSCCO)C(=O)OCCc1ccccc1Cl. The molecule has 0 spiro atoms. The number of aliphatic hydroxyl groups is 1. The van der Waals surface area contributed by atoms with Gasteiger partial charge in [0.1, 0.15) is 0 Å². The van der Waals surface area contributed by atoms with Gasteiger partial charge in [0.25, 0.3) is 0 Å². The maximum atomic E-state index is 12.4. The number of ether oxygens (including phenoxy) is 1. The fourth-order valence-electron chi connectivity index (χ4n) is 2.22. The highest BCUT2D eigenvalue weighted by atomic mass is 35.5. The second kappa shape index (κ2) is 10.9. The van der Waals surface area contributed by atoms with Gasteiger partial charge in [0.15, 0.2) is 0 Å². The Morgan fingerprint density at radius 1 is 1.29 bits per heavy atom. The average molecular weight is 374 g/mol. The van der Waals surface area contributed by atoms with Crippen LogP contribution < -0.4 is 0 Å². The van der Waals surface area contributed by atoms with Gasteiger partial charge in [-0.3, -0.25) is 0 Å². The van der Waals surface area contributed by atoms with E-state index in [1.807, 2.05) is 45.0 Å². The van der Waals surface area contributed by atoms with Crippen molar-refractivity contribution in [3.8, 4) is 0 Å². The molecule has 24 heavy (non-hydrogen) atoms. The Kier molecular flexibility index (Phi) is 9.56. The Bertz CT molecular complexity index is 505. The monoisotopic (exact) mass is 373 g/mol. The molecule has 1 aromatic carbocycles. The maximum absolute atomic E-state index is 12.4. The third-order valence-corrected chi connectivity index (χ3v) is 4.91. The Morgan fingerprint density at radius 3 is 2.62 bits per heavy atom. The van der Waals surface area contributed by atoms with E-state index >= 15 is 0 Å². The lowest BCUT2D eigenvalue weighted by Crippen LogP contribution is -2.46. The molecule has 1 rings (SSSR count). The van der Waals surface area contributed by atoms with E-state index in [1.165, 1.54) is 0 Å². The van der Waals surface area contributed by atoms with E-state index < -0.39 is 0 Å². The lowest BCUT2D eigenvalue weighted by molar-refractivity contribution is 0.0687. The number of carbonyl (C=O) groups is 1. The number of aliphatic hydroxyl groups excluding tert-OH is 1. The van der Waals surface area contributed by atoms with Gasteiger partial charge in [0.2, 0.25) is 0 Å². The van der Waals surface area contributed by atoms with Crippen molar-refractivity contribution in [2.45, 2.75) is 39.2 Å². The van der Waals surface area contributed by atoms with Crippen LogP contribution in [0.5, 0.6) is 0 Å². The quantitative estimate of drug-likeness (QED) is 0.658. The molecule has 0 radical (unpaired) electrons. The van der Waals surface area contributed by atoms with E-state index in [1.54, 1.807) is 16.7 Å². The molecule has 0 unspecified atom stereocenters. The van der Waals surface area contributed by atoms with E-state index in [-0.39, 0.29) is 18.2 Å². The first-order valence-corrected chi connectivity index (χ1v) is 9.76. The summed E-state index contributed by atoms with van der Waals surface area (Å²) in [7, 11) is 0. The average Bonchev–Trinajstić information content (AvgIpc) is 2.51. The zero-order valence-electron chi connectivity index (χ0n) is 14.8. The predicted octanol–water partition coefficient (Wildman–Crippen LogP) is 4.24. The highest BCUT2D eigenvalue weighted by molar-refractivity contribution is 7.99. The normalized spacial score (nSPS) is 11.4. The molecule has 4 nitrogen and oxygen atoms in total. The van der Waals surface area contributed by atoms with Gasteiger partial charge >= 0.3 is 6.09 Å². The summed E-state index contributed by atoms with van der Waals surface area (Å²) < 4.78 is 5.45. The van der Waals surface area contributed by atoms with Crippen LogP contribution in [0.15, 0.2) is 24.3 Å². The summed E-state index contributed by atoms with van der Waals surface area (Å²) in [6.07, 6.45) is 1.19. The molecule has 136 valence electrons. The minimum Gasteiger partial charge on any atom is -0.449 e. The largest absolute Gasteiger partial charge is 0.449 e. The second-order valence-electron chi connectivity index (χ2n) is 6.47. The topological polar surface area (TPSA) is 49.8 Å². The number of hydrogen-bond acceptors (Lipinski definition) is 4. The molecule has 0 atom stereocenters. The molecule has 6 heteroatoms. The molecule has 0 aliphatic heterocycles. The lowest BCUT2D eigenvalue weighted by atomic mass is 10.1. The van der Waals surface area contributed by atoms with Crippen molar-refractivity contribution in [1.82, 2.24) is 4.90 Å². The summed E-state index contributed by atoms with van der Waals surface area (Å²) >= 11 is 7.80. The number of hydrogen-bond donors (Lipinski definition) is 1. The van der Waals surface area contributed by atoms with Gasteiger partial charge in [-0.05, 0) is 44.6 Å². The molecule has 0 saturated heterocycles. The Hall–Kier alpha value is -0.910. The predicted molar refractivity (Wildman–Crippen MR) is 102 cm³/mol. The standard InChI is InChI=1S/C18H28ClNO3S/c1-18(2,3)20(10-6-13-24-14-11-21)17(22)23-12-9-15-7-4-5-8-16(15)19/h4-5,7-8,21H,6,9-14H2,1-3H3. The zero-order valence-corrected chi connectivity index (χ0v) is 16.3. The third-order valence-electron chi connectivity index (χ3n) is 3.49. The molecular weight excluding hydrogens is 346 g/mol. The first-order chi connectivity index (χ1) is 11.4. The van der Waals surface area contributed by atoms with Gasteiger partial charge in [-0.25, -0.2) is 4.79 Å². The van der Waals surface area contributed by atoms with Crippen LogP contribution in [0.4, 0.5) is 4.79 Å². The molecule has 0 bridgehead atoms. The van der Waals surface area contributed by atoms with Crippen molar-refractivity contribution in [3.05, 3.63) is 34.9 Å². The van der Waals surface area contributed by atoms with Crippen LogP contribution in [0.1, 0.15) is 32.8 Å². The number of nitrogens with zero attached hydrogens (tertiary/aromatic N) is 1. The van der Waals surface area contributed by atoms with Crippen LogP contribution in [-0.2, 0) is 11.2 Å². The number of benzene rings is 1. The fourth-order valence-corrected chi connectivity index (χ4v) is 3.12. The Labute approximate surface area is 154 Å². The number of carbonyl (C=O) groups excluding carboxylic acids is 1. The zero-order chi connectivity index (χ0) is 18.0. The van der Waals surface area contributed by atoms with Crippen LogP contribution in [0.3, 0.4) is 0 Å². The summed E-state index contributed by atoms with van der Waals surface area (Å²) in [5.74, 6) is 1.65. The van der Waals surface area contributed by atoms with Crippen LogP contribution >= 0.6 is 23.4 Å². The highest BCUT2D eigenvalue weighted by Crippen LogP contribution is 2.18. The molecule has 1 N–H and O–H groups in total. The van der Waals surface area contributed by atoms with E-state index in [4.69, 9.17) is 21.4 Å². The minimum atomic E-state index is -0.290. The van der Waals surface area contributed by atoms with Gasteiger partial charge in [0.05, 0.1) is 13.2 Å². The van der Waals surface area contributed by atoms with Crippen LogP contribution in [0, 0.1) is 0 Å². The first kappa shape index (κ1) is 21.1. The van der Waals surface area contributed by atoms with Gasteiger partial charge in [0, 0.05) is 29.3 Å². The van der Waals surface area contributed by atoms with Crippen molar-refractivity contribution in [2.75, 3.05) is 31.3 Å². The van der Waals surface area contributed by atoms with Gasteiger partial charge in [-0.1, -0.05) is 29.8 Å². The summed E-state index contributed by atoms with van der Waals surface area (Å²) in [4.78, 5) is 14.2. The van der Waals surface area contributed by atoms with Crippen molar-refractivity contribution in [3.63, 3.8) is 0 Å². The van der Waals surface area contributed by atoms with Crippen molar-refractivity contribution in [1.29, 1.82) is 0 Å². The molecular formula is C18H28ClNO3S. The van der Waals surface area contributed by atoms with Crippen molar-refractivity contribution < 1.29 is 14.6 Å². The fraction of sp³-hybridized carbons (Fsp3) is 0.611. The van der Waals surface area contributed by atoms with E-state index in [2.05, 4.69) is 0 Å². The Morgan fingerprint density at radius 2 is 2.00 bits per heavy atom. The molecule has 0 aliphatic rings. The molecule has 0 saturated carbocycles. The second-order valence-corrected chi connectivity index (χ2v) is 8.10. The van der Waals surface area contributed by atoms with Crippen LogP contribution in [-0.4, -0.2) is 52.9 Å². The van der Waals surface area contributed by atoms with E-state index in [9.17, 15) is 4.79 Å². The van der Waals surface area contributed by atoms with Crippen molar-refractivity contribution in [2.24, 2.45) is 0 Å². The summed E-state index contributed by atoms with van der Waals surface area (Å²) in [6, 6.07) is 7.59. The summed E-state index contributed by atoms with van der Waals surface area (Å²) in [5, 5.41) is 9.48. The number of rotatable bonds is 9. The third kappa shape index (κ3) is 7.77. The lowest BCUT2D eigenvalue weighted by Gasteiger charge is -2.34. The van der Waals surface area contributed by atoms with Gasteiger partial charge < -0.3 is 14.7 Å².